The molecule has 0 heterocycles. The average molecular weight is 466 g/mol. The number of ketones is 1. The van der Waals surface area contributed by atoms with Crippen molar-refractivity contribution >= 4 is 41.1 Å². The maximum Gasteiger partial charge on any atom is 0.233 e. The molecule has 8 nitrogen and oxygen atoms in total. The fourth-order valence-corrected chi connectivity index (χ4v) is 3.67. The molecular formula is C20H39N3O5S2. The minimum absolute atomic E-state index is 0.00887. The van der Waals surface area contributed by atoms with Gasteiger partial charge in [-0.1, -0.05) is 27.7 Å². The molecule has 2 amide bonds. The molecule has 0 bridgehead atoms. The van der Waals surface area contributed by atoms with Crippen LogP contribution in [0.25, 0.3) is 0 Å². The first kappa shape index (κ1) is 29.2. The van der Waals surface area contributed by atoms with E-state index in [-0.39, 0.29) is 35.7 Å². The van der Waals surface area contributed by atoms with Crippen LogP contribution in [0.2, 0.25) is 0 Å². The Hall–Kier alpha value is -0.810. The van der Waals surface area contributed by atoms with E-state index in [9.17, 15) is 14.4 Å². The summed E-state index contributed by atoms with van der Waals surface area (Å²) in [5.74, 6) is 0.545. The van der Waals surface area contributed by atoms with Crippen molar-refractivity contribution in [2.45, 2.75) is 45.4 Å². The summed E-state index contributed by atoms with van der Waals surface area (Å²) in [5.41, 5.74) is 5.95. The SMILES string of the molecule is CSCOCCNC(=O)C(CC(=O)NCCOCC(C)C)SC[C@@H](N)C(=O)C(C)C. The van der Waals surface area contributed by atoms with Crippen LogP contribution in [0.5, 0.6) is 0 Å². The predicted molar refractivity (Wildman–Crippen MR) is 125 cm³/mol. The van der Waals surface area contributed by atoms with Gasteiger partial charge in [0.2, 0.25) is 11.8 Å². The van der Waals surface area contributed by atoms with Crippen LogP contribution in [-0.2, 0) is 23.9 Å². The van der Waals surface area contributed by atoms with Crippen molar-refractivity contribution in [3.8, 4) is 0 Å². The number of carbonyl (C=O) groups excluding carboxylic acids is 3. The number of rotatable bonds is 18. The normalized spacial score (nSPS) is 13.3. The Labute approximate surface area is 189 Å². The van der Waals surface area contributed by atoms with E-state index in [1.807, 2.05) is 6.26 Å². The van der Waals surface area contributed by atoms with Crippen molar-refractivity contribution in [1.82, 2.24) is 10.6 Å². The summed E-state index contributed by atoms with van der Waals surface area (Å²) in [7, 11) is 0. The van der Waals surface area contributed by atoms with E-state index in [4.69, 9.17) is 15.2 Å². The third-order valence-corrected chi connectivity index (χ3v) is 5.58. The molecule has 0 spiro atoms. The van der Waals surface area contributed by atoms with Crippen molar-refractivity contribution in [3.05, 3.63) is 0 Å². The molecule has 0 aromatic heterocycles. The van der Waals surface area contributed by atoms with Gasteiger partial charge in [0.05, 0.1) is 30.4 Å². The number of Topliss-reactive ketones (excluding diaryl/α,β-unsaturated/α-hetero) is 1. The van der Waals surface area contributed by atoms with E-state index < -0.39 is 11.3 Å². The van der Waals surface area contributed by atoms with E-state index in [2.05, 4.69) is 24.5 Å². The smallest absolute Gasteiger partial charge is 0.233 e. The van der Waals surface area contributed by atoms with Gasteiger partial charge in [-0.15, -0.1) is 23.5 Å². The lowest BCUT2D eigenvalue weighted by molar-refractivity contribution is -0.126. The Morgan fingerprint density at radius 2 is 1.63 bits per heavy atom. The van der Waals surface area contributed by atoms with Crippen LogP contribution in [0.4, 0.5) is 0 Å². The monoisotopic (exact) mass is 465 g/mol. The number of nitrogens with two attached hydrogens (primary N) is 1. The number of ether oxygens (including phenoxy) is 2. The molecule has 0 aromatic carbocycles. The zero-order valence-electron chi connectivity index (χ0n) is 18.9. The Kier molecular flexibility index (Phi) is 17.3. The van der Waals surface area contributed by atoms with Crippen LogP contribution < -0.4 is 16.4 Å². The summed E-state index contributed by atoms with van der Waals surface area (Å²) in [6, 6.07) is -0.664. The third kappa shape index (κ3) is 15.1. The van der Waals surface area contributed by atoms with Gasteiger partial charge >= 0.3 is 0 Å². The highest BCUT2D eigenvalue weighted by molar-refractivity contribution is 8.00. The number of hydrogen-bond donors (Lipinski definition) is 3. The molecule has 0 rings (SSSR count). The lowest BCUT2D eigenvalue weighted by Gasteiger charge is -2.19. The van der Waals surface area contributed by atoms with E-state index in [1.54, 1.807) is 25.6 Å². The van der Waals surface area contributed by atoms with Crippen LogP contribution in [0.1, 0.15) is 34.1 Å². The number of nitrogens with one attached hydrogen (secondary N) is 2. The highest BCUT2D eigenvalue weighted by Crippen LogP contribution is 2.17. The fraction of sp³-hybridized carbons (Fsp3) is 0.850. The van der Waals surface area contributed by atoms with Crippen LogP contribution in [0.15, 0.2) is 0 Å². The zero-order valence-corrected chi connectivity index (χ0v) is 20.5. The van der Waals surface area contributed by atoms with Crippen molar-refractivity contribution in [3.63, 3.8) is 0 Å². The van der Waals surface area contributed by atoms with Crippen LogP contribution in [0.3, 0.4) is 0 Å². The van der Waals surface area contributed by atoms with Gasteiger partial charge in [-0.2, -0.15) is 0 Å². The van der Waals surface area contributed by atoms with Crippen LogP contribution in [-0.4, -0.2) is 79.7 Å². The molecule has 0 saturated carbocycles. The van der Waals surface area contributed by atoms with Gasteiger partial charge in [-0.3, -0.25) is 14.4 Å². The lowest BCUT2D eigenvalue weighted by atomic mass is 10.0. The van der Waals surface area contributed by atoms with E-state index in [0.717, 1.165) is 0 Å². The standard InChI is InChI=1S/C20H39N3O5S2/c1-14(2)11-27-8-6-22-18(24)10-17(20(26)23-7-9-28-13-29-5)30-12-16(21)19(25)15(3)4/h14-17H,6-13,21H2,1-5H3,(H,22,24)(H,23,26)/t16-,17?/m1/s1. The number of hydrogen-bond acceptors (Lipinski definition) is 8. The Morgan fingerprint density at radius 3 is 2.23 bits per heavy atom. The predicted octanol–water partition coefficient (Wildman–Crippen LogP) is 1.27. The van der Waals surface area contributed by atoms with Crippen LogP contribution >= 0.6 is 23.5 Å². The van der Waals surface area contributed by atoms with E-state index in [1.165, 1.54) is 11.8 Å². The van der Waals surface area contributed by atoms with E-state index >= 15 is 0 Å². The Bertz CT molecular complexity index is 507. The number of carbonyl (C=O) groups is 3. The second-order valence-corrected chi connectivity index (χ2v) is 9.66. The molecule has 1 unspecified atom stereocenters. The van der Waals surface area contributed by atoms with Gasteiger partial charge in [-0.25, -0.2) is 0 Å². The summed E-state index contributed by atoms with van der Waals surface area (Å²) in [4.78, 5) is 36.8. The largest absolute Gasteiger partial charge is 0.379 e. The summed E-state index contributed by atoms with van der Waals surface area (Å²) in [6.45, 7) is 9.90. The highest BCUT2D eigenvalue weighted by atomic mass is 32.2. The lowest BCUT2D eigenvalue weighted by Crippen LogP contribution is -2.41. The van der Waals surface area contributed by atoms with Gasteiger partial charge < -0.3 is 25.8 Å². The maximum absolute atomic E-state index is 12.6. The fourth-order valence-electron chi connectivity index (χ4n) is 2.28. The molecule has 0 aromatic rings. The Morgan fingerprint density at radius 1 is 1.00 bits per heavy atom. The van der Waals surface area contributed by atoms with Gasteiger partial charge in [0.1, 0.15) is 0 Å². The number of thioether (sulfide) groups is 2. The third-order valence-electron chi connectivity index (χ3n) is 3.84. The molecule has 0 aliphatic heterocycles. The second kappa shape index (κ2) is 17.8. The van der Waals surface area contributed by atoms with Gasteiger partial charge in [0, 0.05) is 37.8 Å². The first-order chi connectivity index (χ1) is 14.2. The molecule has 10 heteroatoms. The molecule has 0 saturated heterocycles. The first-order valence-electron chi connectivity index (χ1n) is 10.3. The molecule has 0 aliphatic rings. The second-order valence-electron chi connectivity index (χ2n) is 7.61. The molecule has 4 N–H and O–H groups in total. The minimum atomic E-state index is -0.664. The molecule has 0 fully saturated rings. The minimum Gasteiger partial charge on any atom is -0.379 e. The summed E-state index contributed by atoms with van der Waals surface area (Å²) in [5, 5.41) is 4.93. The highest BCUT2D eigenvalue weighted by Gasteiger charge is 2.25. The van der Waals surface area contributed by atoms with Crippen LogP contribution in [0, 0.1) is 11.8 Å². The summed E-state index contributed by atoms with van der Waals surface area (Å²) < 4.78 is 10.8. The maximum atomic E-state index is 12.6. The molecule has 30 heavy (non-hydrogen) atoms. The van der Waals surface area contributed by atoms with Gasteiger partial charge in [0.15, 0.2) is 5.78 Å². The molecule has 0 radical (unpaired) electrons. The first-order valence-corrected chi connectivity index (χ1v) is 12.7. The summed E-state index contributed by atoms with van der Waals surface area (Å²) >= 11 is 2.79. The topological polar surface area (TPSA) is 120 Å². The zero-order chi connectivity index (χ0) is 22.9. The molecular weight excluding hydrogens is 426 g/mol. The van der Waals surface area contributed by atoms with Gasteiger partial charge in [0.25, 0.3) is 0 Å². The molecule has 2 atom stereocenters. The average Bonchev–Trinajstić information content (AvgIpc) is 2.69. The van der Waals surface area contributed by atoms with Gasteiger partial charge in [-0.05, 0) is 12.2 Å². The van der Waals surface area contributed by atoms with Crippen molar-refractivity contribution in [2.24, 2.45) is 17.6 Å². The van der Waals surface area contributed by atoms with Crippen molar-refractivity contribution < 1.29 is 23.9 Å². The molecule has 0 aliphatic carbocycles. The Balaban J connectivity index is 4.59. The van der Waals surface area contributed by atoms with Crippen molar-refractivity contribution in [1.29, 1.82) is 0 Å². The summed E-state index contributed by atoms with van der Waals surface area (Å²) in [6.07, 6.45) is 1.94. The van der Waals surface area contributed by atoms with Crippen molar-refractivity contribution in [2.75, 3.05) is 50.9 Å². The van der Waals surface area contributed by atoms with E-state index in [0.29, 0.717) is 44.8 Å². The molecule has 176 valence electrons. The quantitative estimate of drug-likeness (QED) is 0.204. The number of amides is 2.